The van der Waals surface area contributed by atoms with Crippen molar-refractivity contribution in [2.24, 2.45) is 10.9 Å². The molecular weight excluding hydrogens is 192 g/mol. The van der Waals surface area contributed by atoms with E-state index in [1.165, 1.54) is 0 Å². The van der Waals surface area contributed by atoms with Gasteiger partial charge in [0.2, 0.25) is 0 Å². The van der Waals surface area contributed by atoms with Crippen LogP contribution in [0.4, 0.5) is 0 Å². The van der Waals surface area contributed by atoms with Gasteiger partial charge in [-0.3, -0.25) is 9.67 Å². The van der Waals surface area contributed by atoms with E-state index in [1.54, 1.807) is 6.21 Å². The fourth-order valence-corrected chi connectivity index (χ4v) is 1.64. The molecule has 5 heteroatoms. The Labute approximate surface area is 89.1 Å². The van der Waals surface area contributed by atoms with Crippen LogP contribution >= 0.6 is 0 Å². The van der Waals surface area contributed by atoms with E-state index < -0.39 is 0 Å². The second-order valence-corrected chi connectivity index (χ2v) is 3.72. The molecule has 1 unspecified atom stereocenters. The van der Waals surface area contributed by atoms with Crippen molar-refractivity contribution in [3.8, 4) is 0 Å². The predicted octanol–water partition coefficient (Wildman–Crippen LogP) is 0.753. The highest BCUT2D eigenvalue weighted by Gasteiger charge is 2.16. The van der Waals surface area contributed by atoms with Crippen LogP contribution < -0.4 is 0 Å². The van der Waals surface area contributed by atoms with Crippen LogP contribution in [-0.2, 0) is 11.3 Å². The van der Waals surface area contributed by atoms with Crippen LogP contribution in [0.5, 0.6) is 0 Å². The first-order valence-electron chi connectivity index (χ1n) is 5.36. The zero-order valence-electron chi connectivity index (χ0n) is 8.96. The normalized spacial score (nSPS) is 21.5. The maximum absolute atomic E-state index is 5.31. The Bertz CT molecular complexity index is 328. The lowest BCUT2D eigenvalue weighted by molar-refractivity contribution is 0.181. The third kappa shape index (κ3) is 2.86. The fraction of sp³-hybridized carbons (Fsp3) is 0.700. The first kappa shape index (κ1) is 10.3. The third-order valence-corrected chi connectivity index (χ3v) is 2.43. The molecule has 0 spiro atoms. The Morgan fingerprint density at radius 3 is 3.40 bits per heavy atom. The van der Waals surface area contributed by atoms with Crippen molar-refractivity contribution in [1.82, 2.24) is 15.0 Å². The molecule has 0 saturated carbocycles. The van der Waals surface area contributed by atoms with Gasteiger partial charge >= 0.3 is 0 Å². The lowest BCUT2D eigenvalue weighted by Crippen LogP contribution is -2.11. The molecule has 1 aliphatic heterocycles. The second-order valence-electron chi connectivity index (χ2n) is 3.72. The van der Waals surface area contributed by atoms with Gasteiger partial charge in [0.15, 0.2) is 0 Å². The molecule has 0 N–H and O–H groups in total. The van der Waals surface area contributed by atoms with Crippen LogP contribution in [0, 0.1) is 5.92 Å². The van der Waals surface area contributed by atoms with Gasteiger partial charge in [-0.15, -0.1) is 5.10 Å². The Morgan fingerprint density at radius 2 is 2.67 bits per heavy atom. The van der Waals surface area contributed by atoms with Gasteiger partial charge < -0.3 is 4.74 Å². The Hall–Kier alpha value is -1.23. The zero-order chi connectivity index (χ0) is 10.5. The molecule has 0 bridgehead atoms. The average molecular weight is 208 g/mol. The van der Waals surface area contributed by atoms with Crippen LogP contribution in [0.1, 0.15) is 19.0 Å². The summed E-state index contributed by atoms with van der Waals surface area (Å²) in [6.07, 6.45) is 4.81. The Kier molecular flexibility index (Phi) is 3.45. The summed E-state index contributed by atoms with van der Waals surface area (Å²) < 4.78 is 7.18. The molecule has 1 atom stereocenters. The van der Waals surface area contributed by atoms with E-state index in [2.05, 4.69) is 15.3 Å². The molecule has 5 nitrogen and oxygen atoms in total. The van der Waals surface area contributed by atoms with Gasteiger partial charge in [-0.05, 0) is 13.3 Å². The second kappa shape index (κ2) is 5.02. The summed E-state index contributed by atoms with van der Waals surface area (Å²) in [4.78, 5) is 4.12. The van der Waals surface area contributed by atoms with Crippen LogP contribution in [0.3, 0.4) is 0 Å². The summed E-state index contributed by atoms with van der Waals surface area (Å²) in [7, 11) is 0. The largest absolute Gasteiger partial charge is 0.381 e. The number of rotatable bonds is 4. The van der Waals surface area contributed by atoms with Gasteiger partial charge in [0.1, 0.15) is 5.69 Å². The van der Waals surface area contributed by atoms with Crippen LogP contribution in [0.2, 0.25) is 0 Å². The number of ether oxygens (including phenoxy) is 1. The van der Waals surface area contributed by atoms with Gasteiger partial charge in [0.05, 0.1) is 19.0 Å². The molecule has 82 valence electrons. The SMILES string of the molecule is CCN=Cc1cn(CC2CCOC2)nn1. The lowest BCUT2D eigenvalue weighted by Gasteiger charge is -2.05. The summed E-state index contributed by atoms with van der Waals surface area (Å²) in [5.74, 6) is 0.586. The van der Waals surface area contributed by atoms with Crippen molar-refractivity contribution in [2.75, 3.05) is 19.8 Å². The third-order valence-electron chi connectivity index (χ3n) is 2.43. The minimum Gasteiger partial charge on any atom is -0.381 e. The molecule has 1 saturated heterocycles. The molecule has 15 heavy (non-hydrogen) atoms. The average Bonchev–Trinajstić information content (AvgIpc) is 2.87. The van der Waals surface area contributed by atoms with E-state index in [1.807, 2.05) is 17.8 Å². The molecule has 0 aromatic carbocycles. The quantitative estimate of drug-likeness (QED) is 0.686. The van der Waals surface area contributed by atoms with E-state index >= 15 is 0 Å². The van der Waals surface area contributed by atoms with Crippen molar-refractivity contribution in [2.45, 2.75) is 19.9 Å². The zero-order valence-corrected chi connectivity index (χ0v) is 8.96. The first-order valence-corrected chi connectivity index (χ1v) is 5.36. The molecular formula is C10H16N4O. The number of aromatic nitrogens is 3. The molecule has 1 aromatic rings. The van der Waals surface area contributed by atoms with E-state index in [9.17, 15) is 0 Å². The van der Waals surface area contributed by atoms with Crippen molar-refractivity contribution in [3.05, 3.63) is 11.9 Å². The standard InChI is InChI=1S/C10H16N4O/c1-2-11-5-10-7-14(13-12-10)6-9-3-4-15-8-9/h5,7,9H,2-4,6,8H2,1H3. The minimum absolute atomic E-state index is 0.586. The summed E-state index contributed by atoms with van der Waals surface area (Å²) in [5.41, 5.74) is 0.829. The highest BCUT2D eigenvalue weighted by Crippen LogP contribution is 2.13. The molecule has 2 heterocycles. The smallest absolute Gasteiger partial charge is 0.123 e. The number of aliphatic imine (C=N–C) groups is 1. The Balaban J connectivity index is 1.91. The first-order chi connectivity index (χ1) is 7.38. The van der Waals surface area contributed by atoms with Crippen LogP contribution in [0.15, 0.2) is 11.2 Å². The van der Waals surface area contributed by atoms with Crippen molar-refractivity contribution < 1.29 is 4.74 Å². The maximum Gasteiger partial charge on any atom is 0.123 e. The summed E-state index contributed by atoms with van der Waals surface area (Å²) in [6, 6.07) is 0. The van der Waals surface area contributed by atoms with Crippen LogP contribution in [-0.4, -0.2) is 41.0 Å². The molecule has 0 radical (unpaired) electrons. The minimum atomic E-state index is 0.586. The molecule has 2 rings (SSSR count). The molecule has 0 aliphatic carbocycles. The van der Waals surface area contributed by atoms with E-state index in [0.717, 1.165) is 38.4 Å². The maximum atomic E-state index is 5.31. The lowest BCUT2D eigenvalue weighted by atomic mass is 10.1. The Morgan fingerprint density at radius 1 is 1.73 bits per heavy atom. The number of hydrogen-bond acceptors (Lipinski definition) is 4. The van der Waals surface area contributed by atoms with Gasteiger partial charge in [-0.1, -0.05) is 5.21 Å². The molecule has 1 aromatic heterocycles. The van der Waals surface area contributed by atoms with Gasteiger partial charge in [-0.2, -0.15) is 0 Å². The fourth-order valence-electron chi connectivity index (χ4n) is 1.64. The van der Waals surface area contributed by atoms with Gasteiger partial charge in [-0.25, -0.2) is 0 Å². The topological polar surface area (TPSA) is 52.3 Å². The monoisotopic (exact) mass is 208 g/mol. The van der Waals surface area contributed by atoms with Crippen LogP contribution in [0.25, 0.3) is 0 Å². The highest BCUT2D eigenvalue weighted by molar-refractivity contribution is 5.76. The molecule has 1 aliphatic rings. The highest BCUT2D eigenvalue weighted by atomic mass is 16.5. The van der Waals surface area contributed by atoms with E-state index in [0.29, 0.717) is 5.92 Å². The number of nitrogens with zero attached hydrogens (tertiary/aromatic N) is 4. The number of hydrogen-bond donors (Lipinski definition) is 0. The van der Waals surface area contributed by atoms with E-state index in [4.69, 9.17) is 4.74 Å². The van der Waals surface area contributed by atoms with Gasteiger partial charge in [0.25, 0.3) is 0 Å². The summed E-state index contributed by atoms with van der Waals surface area (Å²) in [6.45, 7) is 5.40. The molecule has 0 amide bonds. The predicted molar refractivity (Wildman–Crippen MR) is 57.1 cm³/mol. The van der Waals surface area contributed by atoms with E-state index in [-0.39, 0.29) is 0 Å². The van der Waals surface area contributed by atoms with Crippen molar-refractivity contribution >= 4 is 6.21 Å². The summed E-state index contributed by atoms with van der Waals surface area (Å²) >= 11 is 0. The van der Waals surface area contributed by atoms with Crippen molar-refractivity contribution in [3.63, 3.8) is 0 Å². The van der Waals surface area contributed by atoms with Crippen molar-refractivity contribution in [1.29, 1.82) is 0 Å². The molecule has 1 fully saturated rings. The van der Waals surface area contributed by atoms with Gasteiger partial charge in [0, 0.05) is 25.6 Å². The summed E-state index contributed by atoms with van der Waals surface area (Å²) in [5, 5.41) is 8.07.